The van der Waals surface area contributed by atoms with Gasteiger partial charge in [0.15, 0.2) is 0 Å². The summed E-state index contributed by atoms with van der Waals surface area (Å²) >= 11 is 5.62. The second-order valence-electron chi connectivity index (χ2n) is 5.75. The molecule has 0 aliphatic rings. The van der Waals surface area contributed by atoms with Gasteiger partial charge in [0.1, 0.15) is 5.75 Å². The Labute approximate surface area is 154 Å². The van der Waals surface area contributed by atoms with Crippen LogP contribution in [0.3, 0.4) is 0 Å². The monoisotopic (exact) mass is 386 g/mol. The number of carbonyl (C=O) groups is 1. The van der Waals surface area contributed by atoms with Crippen LogP contribution in [0.4, 0.5) is 24.5 Å². The quantitative estimate of drug-likeness (QED) is 0.717. The van der Waals surface area contributed by atoms with Gasteiger partial charge in [-0.15, -0.1) is 0 Å². The number of hydrogen-bond acceptors (Lipinski definition) is 3. The van der Waals surface area contributed by atoms with Gasteiger partial charge in [-0.25, -0.2) is 0 Å². The summed E-state index contributed by atoms with van der Waals surface area (Å²) in [6, 6.07) is 10.2. The molecule has 26 heavy (non-hydrogen) atoms. The van der Waals surface area contributed by atoms with E-state index in [1.807, 2.05) is 13.8 Å². The van der Waals surface area contributed by atoms with Crippen LogP contribution in [-0.4, -0.2) is 18.6 Å². The van der Waals surface area contributed by atoms with E-state index < -0.39 is 17.6 Å². The molecule has 0 heterocycles. The van der Waals surface area contributed by atoms with Crippen molar-refractivity contribution in [3.63, 3.8) is 0 Å². The zero-order valence-electron chi connectivity index (χ0n) is 14.2. The standard InChI is InChI=1S/C18H18ClF3N2O2/c1-11(2)26-16-6-4-3-5-15(16)23-10-17(25)24-14-8-7-12(19)9-13(14)18(20,21)22/h3-9,11,23H,10H2,1-2H3,(H,24,25). The van der Waals surface area contributed by atoms with Crippen LogP contribution in [0.15, 0.2) is 42.5 Å². The number of hydrogen-bond donors (Lipinski definition) is 2. The summed E-state index contributed by atoms with van der Waals surface area (Å²) in [5, 5.41) is 5.06. The molecule has 0 unspecified atom stereocenters. The molecule has 0 radical (unpaired) electrons. The molecule has 2 aromatic carbocycles. The zero-order valence-corrected chi connectivity index (χ0v) is 14.9. The molecule has 2 N–H and O–H groups in total. The van der Waals surface area contributed by atoms with Gasteiger partial charge in [0.05, 0.1) is 29.6 Å². The van der Waals surface area contributed by atoms with Gasteiger partial charge in [-0.05, 0) is 44.2 Å². The highest BCUT2D eigenvalue weighted by Gasteiger charge is 2.34. The van der Waals surface area contributed by atoms with Crippen molar-refractivity contribution in [2.24, 2.45) is 0 Å². The Morgan fingerprint density at radius 2 is 1.85 bits per heavy atom. The van der Waals surface area contributed by atoms with Gasteiger partial charge in [-0.2, -0.15) is 13.2 Å². The molecule has 0 saturated heterocycles. The number of benzene rings is 2. The van der Waals surface area contributed by atoms with E-state index in [9.17, 15) is 18.0 Å². The normalized spacial score (nSPS) is 11.3. The van der Waals surface area contributed by atoms with Gasteiger partial charge in [0, 0.05) is 5.02 Å². The molecule has 4 nitrogen and oxygen atoms in total. The minimum atomic E-state index is -4.63. The highest BCUT2D eigenvalue weighted by Crippen LogP contribution is 2.36. The van der Waals surface area contributed by atoms with Crippen molar-refractivity contribution in [1.29, 1.82) is 0 Å². The number of rotatable bonds is 6. The van der Waals surface area contributed by atoms with Crippen LogP contribution in [-0.2, 0) is 11.0 Å². The Morgan fingerprint density at radius 1 is 1.15 bits per heavy atom. The van der Waals surface area contributed by atoms with Crippen molar-refractivity contribution in [3.05, 3.63) is 53.1 Å². The van der Waals surface area contributed by atoms with Crippen LogP contribution in [0.1, 0.15) is 19.4 Å². The highest BCUT2D eigenvalue weighted by atomic mass is 35.5. The third-order valence-corrected chi connectivity index (χ3v) is 3.49. The maximum Gasteiger partial charge on any atom is 0.418 e. The smallest absolute Gasteiger partial charge is 0.418 e. The van der Waals surface area contributed by atoms with Crippen LogP contribution in [0.25, 0.3) is 0 Å². The van der Waals surface area contributed by atoms with E-state index in [0.29, 0.717) is 11.4 Å². The molecule has 140 valence electrons. The summed E-state index contributed by atoms with van der Waals surface area (Å²) < 4.78 is 44.8. The molecule has 1 amide bonds. The zero-order chi connectivity index (χ0) is 19.3. The minimum Gasteiger partial charge on any atom is -0.489 e. The van der Waals surface area contributed by atoms with Crippen molar-refractivity contribution in [3.8, 4) is 5.75 Å². The van der Waals surface area contributed by atoms with Crippen molar-refractivity contribution in [2.75, 3.05) is 17.2 Å². The molecule has 2 rings (SSSR count). The molecule has 0 atom stereocenters. The van der Waals surface area contributed by atoms with Crippen molar-refractivity contribution < 1.29 is 22.7 Å². The van der Waals surface area contributed by atoms with Crippen LogP contribution >= 0.6 is 11.6 Å². The van der Waals surface area contributed by atoms with E-state index in [-0.39, 0.29) is 23.4 Å². The Morgan fingerprint density at radius 3 is 2.50 bits per heavy atom. The Balaban J connectivity index is 2.07. The topological polar surface area (TPSA) is 50.4 Å². The fourth-order valence-electron chi connectivity index (χ4n) is 2.20. The Bertz CT molecular complexity index is 779. The lowest BCUT2D eigenvalue weighted by Crippen LogP contribution is -2.24. The molecule has 0 aliphatic heterocycles. The summed E-state index contributed by atoms with van der Waals surface area (Å²) in [6.45, 7) is 3.50. The summed E-state index contributed by atoms with van der Waals surface area (Å²) in [5.74, 6) is -0.0741. The molecule has 0 bridgehead atoms. The largest absolute Gasteiger partial charge is 0.489 e. The second-order valence-corrected chi connectivity index (χ2v) is 6.19. The predicted molar refractivity (Wildman–Crippen MR) is 95.8 cm³/mol. The first-order chi connectivity index (χ1) is 12.2. The molecular formula is C18H18ClF3N2O2. The summed E-state index contributed by atoms with van der Waals surface area (Å²) in [5.41, 5.74) is -0.772. The number of amides is 1. The number of carbonyl (C=O) groups excluding carboxylic acids is 1. The number of anilines is 2. The van der Waals surface area contributed by atoms with E-state index in [4.69, 9.17) is 16.3 Å². The fourth-order valence-corrected chi connectivity index (χ4v) is 2.37. The number of para-hydroxylation sites is 2. The lowest BCUT2D eigenvalue weighted by Gasteiger charge is -2.16. The minimum absolute atomic E-state index is 0.0600. The fraction of sp³-hybridized carbons (Fsp3) is 0.278. The van der Waals surface area contributed by atoms with Crippen molar-refractivity contribution in [2.45, 2.75) is 26.1 Å². The van der Waals surface area contributed by atoms with Gasteiger partial charge >= 0.3 is 6.18 Å². The van der Waals surface area contributed by atoms with E-state index in [1.54, 1.807) is 24.3 Å². The molecule has 2 aromatic rings. The van der Waals surface area contributed by atoms with Gasteiger partial charge in [-0.1, -0.05) is 23.7 Å². The molecule has 8 heteroatoms. The maximum absolute atomic E-state index is 13.1. The van der Waals surface area contributed by atoms with E-state index in [2.05, 4.69) is 10.6 Å². The summed E-state index contributed by atoms with van der Waals surface area (Å²) in [6.07, 6.45) is -4.69. The Kier molecular flexibility index (Phi) is 6.37. The predicted octanol–water partition coefficient (Wildman–Crippen LogP) is 5.20. The van der Waals surface area contributed by atoms with Gasteiger partial charge in [-0.3, -0.25) is 4.79 Å². The van der Waals surface area contributed by atoms with Gasteiger partial charge < -0.3 is 15.4 Å². The molecule has 0 aliphatic carbocycles. The first-order valence-electron chi connectivity index (χ1n) is 7.83. The lowest BCUT2D eigenvalue weighted by molar-refractivity contribution is -0.137. The average Bonchev–Trinajstić information content (AvgIpc) is 2.54. The third kappa shape index (κ3) is 5.56. The van der Waals surface area contributed by atoms with E-state index in [0.717, 1.165) is 12.1 Å². The van der Waals surface area contributed by atoms with Crippen LogP contribution in [0, 0.1) is 0 Å². The summed E-state index contributed by atoms with van der Waals surface area (Å²) in [7, 11) is 0. The van der Waals surface area contributed by atoms with Crippen LogP contribution < -0.4 is 15.4 Å². The van der Waals surface area contributed by atoms with Gasteiger partial charge in [0.2, 0.25) is 5.91 Å². The van der Waals surface area contributed by atoms with E-state index >= 15 is 0 Å². The first kappa shape index (κ1) is 19.9. The number of alkyl halides is 3. The molecule has 0 aromatic heterocycles. The van der Waals surface area contributed by atoms with Crippen LogP contribution in [0.2, 0.25) is 5.02 Å². The molecule has 0 fully saturated rings. The molecule has 0 spiro atoms. The maximum atomic E-state index is 13.1. The highest BCUT2D eigenvalue weighted by molar-refractivity contribution is 6.30. The van der Waals surface area contributed by atoms with E-state index in [1.165, 1.54) is 6.07 Å². The van der Waals surface area contributed by atoms with Gasteiger partial charge in [0.25, 0.3) is 0 Å². The molecule has 0 saturated carbocycles. The lowest BCUT2D eigenvalue weighted by atomic mass is 10.1. The Hall–Kier alpha value is -2.41. The average molecular weight is 387 g/mol. The van der Waals surface area contributed by atoms with Crippen LogP contribution in [0.5, 0.6) is 5.75 Å². The van der Waals surface area contributed by atoms with Crippen molar-refractivity contribution in [1.82, 2.24) is 0 Å². The van der Waals surface area contributed by atoms with Crippen molar-refractivity contribution >= 4 is 28.9 Å². The number of halogens is 4. The second kappa shape index (κ2) is 8.31. The molecular weight excluding hydrogens is 369 g/mol. The first-order valence-corrected chi connectivity index (χ1v) is 8.21. The SMILES string of the molecule is CC(C)Oc1ccccc1NCC(=O)Nc1ccc(Cl)cc1C(F)(F)F. The summed E-state index contributed by atoms with van der Waals surface area (Å²) in [4.78, 5) is 12.1. The third-order valence-electron chi connectivity index (χ3n) is 3.25. The number of nitrogens with one attached hydrogen (secondary N) is 2. The number of ether oxygens (including phenoxy) is 1.